The van der Waals surface area contributed by atoms with Crippen LogP contribution in [-0.2, 0) is 6.42 Å². The van der Waals surface area contributed by atoms with Crippen LogP contribution >= 0.6 is 23.2 Å². The number of benzene rings is 2. The smallest absolute Gasteiger partial charge is 0.252 e. The monoisotopic (exact) mass is 337 g/mol. The average Bonchev–Trinajstić information content (AvgIpc) is 2.52. The van der Waals surface area contributed by atoms with E-state index in [1.807, 2.05) is 24.3 Å². The van der Waals surface area contributed by atoms with Gasteiger partial charge in [0.15, 0.2) is 0 Å². The van der Waals surface area contributed by atoms with Crippen molar-refractivity contribution >= 4 is 29.1 Å². The van der Waals surface area contributed by atoms with Gasteiger partial charge in [-0.1, -0.05) is 42.3 Å². The van der Waals surface area contributed by atoms with Gasteiger partial charge in [0.2, 0.25) is 0 Å². The van der Waals surface area contributed by atoms with Gasteiger partial charge in [-0.05, 0) is 42.3 Å². The lowest BCUT2D eigenvalue weighted by atomic mass is 10.2. The summed E-state index contributed by atoms with van der Waals surface area (Å²) >= 11 is 11.8. The Hall–Kier alpha value is -1.71. The lowest BCUT2D eigenvalue weighted by Gasteiger charge is -2.09. The van der Waals surface area contributed by atoms with Crippen molar-refractivity contribution in [1.29, 1.82) is 0 Å². The summed E-state index contributed by atoms with van der Waals surface area (Å²) in [5, 5.41) is 3.60. The summed E-state index contributed by atoms with van der Waals surface area (Å²) < 4.78 is 5.57. The van der Waals surface area contributed by atoms with Crippen molar-refractivity contribution in [3.05, 3.63) is 63.6 Å². The van der Waals surface area contributed by atoms with E-state index in [-0.39, 0.29) is 5.91 Å². The van der Waals surface area contributed by atoms with Crippen LogP contribution in [0.2, 0.25) is 10.0 Å². The van der Waals surface area contributed by atoms with E-state index < -0.39 is 0 Å². The van der Waals surface area contributed by atoms with Crippen LogP contribution in [-0.4, -0.2) is 19.1 Å². The van der Waals surface area contributed by atoms with Crippen molar-refractivity contribution < 1.29 is 9.53 Å². The van der Waals surface area contributed by atoms with E-state index >= 15 is 0 Å². The molecule has 0 spiro atoms. The van der Waals surface area contributed by atoms with Gasteiger partial charge in [-0.25, -0.2) is 0 Å². The highest BCUT2D eigenvalue weighted by molar-refractivity contribution is 6.36. The normalized spacial score (nSPS) is 10.3. The molecule has 116 valence electrons. The number of rotatable bonds is 6. The maximum Gasteiger partial charge on any atom is 0.252 e. The van der Waals surface area contributed by atoms with Crippen molar-refractivity contribution in [3.8, 4) is 5.75 Å². The SMILES string of the molecule is CCc1ccc(OCCNC(=O)c2ccc(Cl)cc2Cl)cc1. The fourth-order valence-corrected chi connectivity index (χ4v) is 2.42. The van der Waals surface area contributed by atoms with Crippen LogP contribution in [0.15, 0.2) is 42.5 Å². The Bertz CT molecular complexity index is 642. The van der Waals surface area contributed by atoms with E-state index in [1.54, 1.807) is 18.2 Å². The minimum Gasteiger partial charge on any atom is -0.492 e. The number of carbonyl (C=O) groups excluding carboxylic acids is 1. The lowest BCUT2D eigenvalue weighted by molar-refractivity contribution is 0.0947. The summed E-state index contributed by atoms with van der Waals surface area (Å²) in [4.78, 5) is 12.0. The molecule has 0 bridgehead atoms. The summed E-state index contributed by atoms with van der Waals surface area (Å²) in [5.41, 5.74) is 1.66. The van der Waals surface area contributed by atoms with E-state index in [1.165, 1.54) is 5.56 Å². The van der Waals surface area contributed by atoms with Crippen LogP contribution in [0, 0.1) is 0 Å². The first kappa shape index (κ1) is 16.7. The van der Waals surface area contributed by atoms with Crippen LogP contribution < -0.4 is 10.1 Å². The molecule has 0 saturated carbocycles. The maximum atomic E-state index is 12.0. The Balaban J connectivity index is 1.79. The second kappa shape index (κ2) is 8.06. The number of carbonyl (C=O) groups is 1. The van der Waals surface area contributed by atoms with Crippen molar-refractivity contribution in [1.82, 2.24) is 5.32 Å². The second-order valence-electron chi connectivity index (χ2n) is 4.73. The first-order valence-corrected chi connectivity index (χ1v) is 7.80. The first-order valence-electron chi connectivity index (χ1n) is 7.05. The van der Waals surface area contributed by atoms with Gasteiger partial charge >= 0.3 is 0 Å². The largest absolute Gasteiger partial charge is 0.492 e. The molecule has 3 nitrogen and oxygen atoms in total. The summed E-state index contributed by atoms with van der Waals surface area (Å²) in [7, 11) is 0. The van der Waals surface area contributed by atoms with Gasteiger partial charge in [0, 0.05) is 5.02 Å². The highest BCUT2D eigenvalue weighted by Crippen LogP contribution is 2.20. The zero-order valence-corrected chi connectivity index (χ0v) is 13.7. The van der Waals surface area contributed by atoms with Crippen LogP contribution in [0.5, 0.6) is 5.75 Å². The number of halogens is 2. The van der Waals surface area contributed by atoms with Gasteiger partial charge in [-0.15, -0.1) is 0 Å². The fraction of sp³-hybridized carbons (Fsp3) is 0.235. The summed E-state index contributed by atoms with van der Waals surface area (Å²) in [5.74, 6) is 0.544. The molecule has 2 rings (SSSR count). The minimum atomic E-state index is -0.244. The van der Waals surface area contributed by atoms with Gasteiger partial charge in [0.05, 0.1) is 17.1 Å². The molecule has 0 aromatic heterocycles. The van der Waals surface area contributed by atoms with E-state index in [2.05, 4.69) is 12.2 Å². The van der Waals surface area contributed by atoms with Gasteiger partial charge in [-0.3, -0.25) is 4.79 Å². The van der Waals surface area contributed by atoms with Crippen LogP contribution in [0.1, 0.15) is 22.8 Å². The lowest BCUT2D eigenvalue weighted by Crippen LogP contribution is -2.28. The Labute approximate surface area is 140 Å². The Morgan fingerprint density at radius 1 is 1.14 bits per heavy atom. The number of nitrogens with one attached hydrogen (secondary N) is 1. The molecule has 2 aromatic carbocycles. The number of hydrogen-bond acceptors (Lipinski definition) is 2. The molecule has 0 aliphatic carbocycles. The zero-order chi connectivity index (χ0) is 15.9. The zero-order valence-electron chi connectivity index (χ0n) is 12.2. The Morgan fingerprint density at radius 2 is 1.86 bits per heavy atom. The third-order valence-corrected chi connectivity index (χ3v) is 3.71. The van der Waals surface area contributed by atoms with E-state index in [0.29, 0.717) is 28.8 Å². The van der Waals surface area contributed by atoms with E-state index in [9.17, 15) is 4.79 Å². The number of aryl methyl sites for hydroxylation is 1. The average molecular weight is 338 g/mol. The predicted molar refractivity (Wildman–Crippen MR) is 90.1 cm³/mol. The highest BCUT2D eigenvalue weighted by Gasteiger charge is 2.09. The van der Waals surface area contributed by atoms with Crippen molar-refractivity contribution in [3.63, 3.8) is 0 Å². The highest BCUT2D eigenvalue weighted by atomic mass is 35.5. The number of ether oxygens (including phenoxy) is 1. The standard InChI is InChI=1S/C17H17Cl2NO2/c1-2-12-3-6-14(7-4-12)22-10-9-20-17(21)15-8-5-13(18)11-16(15)19/h3-8,11H,2,9-10H2,1H3,(H,20,21). The van der Waals surface area contributed by atoms with Crippen molar-refractivity contribution in [2.75, 3.05) is 13.2 Å². The second-order valence-corrected chi connectivity index (χ2v) is 5.57. The van der Waals surface area contributed by atoms with Crippen LogP contribution in [0.25, 0.3) is 0 Å². The molecule has 0 atom stereocenters. The first-order chi connectivity index (χ1) is 10.6. The van der Waals surface area contributed by atoms with Crippen molar-refractivity contribution in [2.45, 2.75) is 13.3 Å². The molecule has 0 heterocycles. The molecule has 22 heavy (non-hydrogen) atoms. The topological polar surface area (TPSA) is 38.3 Å². The van der Waals surface area contributed by atoms with E-state index in [0.717, 1.165) is 12.2 Å². The quantitative estimate of drug-likeness (QED) is 0.795. The third kappa shape index (κ3) is 4.65. The van der Waals surface area contributed by atoms with Crippen LogP contribution in [0.4, 0.5) is 0 Å². The fourth-order valence-electron chi connectivity index (χ4n) is 1.92. The van der Waals surface area contributed by atoms with Gasteiger partial charge in [0.1, 0.15) is 12.4 Å². The Kier molecular flexibility index (Phi) is 6.10. The Morgan fingerprint density at radius 3 is 2.50 bits per heavy atom. The molecule has 1 amide bonds. The molecule has 0 unspecified atom stereocenters. The molecule has 0 radical (unpaired) electrons. The molecule has 1 N–H and O–H groups in total. The third-order valence-electron chi connectivity index (χ3n) is 3.16. The molecule has 0 fully saturated rings. The molecular formula is C17H17Cl2NO2. The number of amides is 1. The molecule has 5 heteroatoms. The van der Waals surface area contributed by atoms with Gasteiger partial charge < -0.3 is 10.1 Å². The molecule has 0 saturated heterocycles. The number of hydrogen-bond donors (Lipinski definition) is 1. The summed E-state index contributed by atoms with van der Waals surface area (Å²) in [6.07, 6.45) is 0.998. The van der Waals surface area contributed by atoms with Crippen LogP contribution in [0.3, 0.4) is 0 Å². The predicted octanol–water partition coefficient (Wildman–Crippen LogP) is 4.36. The molecule has 0 aliphatic heterocycles. The minimum absolute atomic E-state index is 0.244. The molecule has 0 aliphatic rings. The molecular weight excluding hydrogens is 321 g/mol. The van der Waals surface area contributed by atoms with Crippen molar-refractivity contribution in [2.24, 2.45) is 0 Å². The molecule has 2 aromatic rings. The van der Waals surface area contributed by atoms with E-state index in [4.69, 9.17) is 27.9 Å². The summed E-state index contributed by atoms with van der Waals surface area (Å²) in [6.45, 7) is 2.89. The maximum absolute atomic E-state index is 12.0. The van der Waals surface area contributed by atoms with Gasteiger partial charge in [-0.2, -0.15) is 0 Å². The van der Waals surface area contributed by atoms with Gasteiger partial charge in [0.25, 0.3) is 5.91 Å². The summed E-state index contributed by atoms with van der Waals surface area (Å²) in [6, 6.07) is 12.7.